The number of hydrogen-bond donors (Lipinski definition) is 1. The van der Waals surface area contributed by atoms with E-state index in [9.17, 15) is 5.11 Å². The highest BCUT2D eigenvalue weighted by atomic mass is 16.3. The molecule has 0 saturated heterocycles. The van der Waals surface area contributed by atoms with E-state index in [2.05, 4.69) is 56.3 Å². The molecule has 1 aromatic carbocycles. The van der Waals surface area contributed by atoms with E-state index in [1.807, 2.05) is 0 Å². The fourth-order valence-electron chi connectivity index (χ4n) is 7.14. The molecule has 0 aliphatic heterocycles. The number of aryl methyl sites for hydroxylation is 1. The van der Waals surface area contributed by atoms with Crippen molar-refractivity contribution in [2.45, 2.75) is 97.0 Å². The second-order valence-corrected chi connectivity index (χ2v) is 10.8. The molecule has 0 bridgehead atoms. The Morgan fingerprint density at radius 2 is 1.90 bits per heavy atom. The Hall–Kier alpha value is -1.34. The average molecular weight is 407 g/mol. The molecular formula is C29H42O. The molecule has 0 spiro atoms. The van der Waals surface area contributed by atoms with Crippen LogP contribution >= 0.6 is 0 Å². The second-order valence-electron chi connectivity index (χ2n) is 10.8. The van der Waals surface area contributed by atoms with Crippen molar-refractivity contribution in [2.24, 2.45) is 23.2 Å². The van der Waals surface area contributed by atoms with Gasteiger partial charge in [-0.15, -0.1) is 0 Å². The molecule has 1 heteroatoms. The summed E-state index contributed by atoms with van der Waals surface area (Å²) in [6.07, 6.45) is 19.8. The zero-order valence-electron chi connectivity index (χ0n) is 19.3. The quantitative estimate of drug-likeness (QED) is 0.514. The van der Waals surface area contributed by atoms with Gasteiger partial charge in [-0.3, -0.25) is 0 Å². The molecule has 4 rings (SSSR count). The smallest absolute Gasteiger partial charge is 0.0577 e. The predicted molar refractivity (Wildman–Crippen MR) is 127 cm³/mol. The topological polar surface area (TPSA) is 20.2 Å². The first-order chi connectivity index (χ1) is 14.6. The maximum absolute atomic E-state index is 9.99. The summed E-state index contributed by atoms with van der Waals surface area (Å²) in [5, 5.41) is 9.99. The molecule has 164 valence electrons. The van der Waals surface area contributed by atoms with Crippen LogP contribution < -0.4 is 0 Å². The van der Waals surface area contributed by atoms with E-state index in [1.54, 1.807) is 5.57 Å². The summed E-state index contributed by atoms with van der Waals surface area (Å²) in [5.74, 6) is 2.50. The number of rotatable bonds is 6. The Kier molecular flexibility index (Phi) is 7.19. The molecule has 4 unspecified atom stereocenters. The van der Waals surface area contributed by atoms with E-state index in [1.165, 1.54) is 68.9 Å². The second kappa shape index (κ2) is 9.86. The zero-order valence-corrected chi connectivity index (χ0v) is 19.3. The Morgan fingerprint density at radius 3 is 2.70 bits per heavy atom. The number of benzene rings is 1. The van der Waals surface area contributed by atoms with Crippen LogP contribution in [0.2, 0.25) is 0 Å². The van der Waals surface area contributed by atoms with Crippen LogP contribution in [0, 0.1) is 23.2 Å². The highest BCUT2D eigenvalue weighted by Gasteiger charge is 2.50. The molecule has 3 saturated carbocycles. The molecule has 0 aromatic heterocycles. The van der Waals surface area contributed by atoms with Crippen molar-refractivity contribution in [3.8, 4) is 0 Å². The summed E-state index contributed by atoms with van der Waals surface area (Å²) >= 11 is 0. The summed E-state index contributed by atoms with van der Waals surface area (Å²) in [6.45, 7) is 5.15. The van der Waals surface area contributed by atoms with Gasteiger partial charge in [0.25, 0.3) is 0 Å². The fourth-order valence-corrected chi connectivity index (χ4v) is 7.14. The maximum atomic E-state index is 9.99. The summed E-state index contributed by atoms with van der Waals surface area (Å²) in [5.41, 5.74) is 5.18. The van der Waals surface area contributed by atoms with E-state index in [0.29, 0.717) is 5.41 Å². The first kappa shape index (κ1) is 21.9. The van der Waals surface area contributed by atoms with Crippen LogP contribution in [0.15, 0.2) is 53.6 Å². The zero-order chi connectivity index (χ0) is 21.0. The van der Waals surface area contributed by atoms with E-state index in [-0.39, 0.29) is 6.10 Å². The van der Waals surface area contributed by atoms with E-state index < -0.39 is 0 Å². The number of aliphatic hydroxyl groups excluding tert-OH is 1. The van der Waals surface area contributed by atoms with Crippen LogP contribution in [0.4, 0.5) is 0 Å². The van der Waals surface area contributed by atoms with E-state index >= 15 is 0 Å². The first-order valence-electron chi connectivity index (χ1n) is 12.7. The van der Waals surface area contributed by atoms with Crippen molar-refractivity contribution >= 4 is 0 Å². The van der Waals surface area contributed by atoms with Crippen LogP contribution in [-0.4, -0.2) is 11.2 Å². The van der Waals surface area contributed by atoms with Crippen LogP contribution in [0.25, 0.3) is 0 Å². The lowest BCUT2D eigenvalue weighted by molar-refractivity contribution is 0.0935. The minimum absolute atomic E-state index is 0.104. The van der Waals surface area contributed by atoms with Gasteiger partial charge in [-0.25, -0.2) is 0 Å². The summed E-state index contributed by atoms with van der Waals surface area (Å²) in [7, 11) is 0. The van der Waals surface area contributed by atoms with Crippen LogP contribution in [0.5, 0.6) is 0 Å². The molecule has 30 heavy (non-hydrogen) atoms. The first-order valence-corrected chi connectivity index (χ1v) is 12.7. The van der Waals surface area contributed by atoms with Crippen LogP contribution in [0.1, 0.15) is 90.0 Å². The van der Waals surface area contributed by atoms with Gasteiger partial charge in [0.2, 0.25) is 0 Å². The highest BCUT2D eigenvalue weighted by molar-refractivity contribution is 5.26. The van der Waals surface area contributed by atoms with Gasteiger partial charge < -0.3 is 5.11 Å². The minimum Gasteiger partial charge on any atom is -0.393 e. The van der Waals surface area contributed by atoms with Gasteiger partial charge in [0, 0.05) is 0 Å². The van der Waals surface area contributed by atoms with Gasteiger partial charge in [-0.2, -0.15) is 0 Å². The van der Waals surface area contributed by atoms with Gasteiger partial charge in [-0.05, 0) is 99.4 Å². The van der Waals surface area contributed by atoms with Gasteiger partial charge in [0.15, 0.2) is 0 Å². The number of hydrogen-bond acceptors (Lipinski definition) is 1. The summed E-state index contributed by atoms with van der Waals surface area (Å²) < 4.78 is 0. The molecule has 1 nitrogen and oxygen atoms in total. The lowest BCUT2D eigenvalue weighted by Gasteiger charge is -2.44. The maximum Gasteiger partial charge on any atom is 0.0577 e. The lowest BCUT2D eigenvalue weighted by atomic mass is 9.60. The number of aliphatic hydroxyl groups is 1. The van der Waals surface area contributed by atoms with Gasteiger partial charge >= 0.3 is 0 Å². The van der Waals surface area contributed by atoms with Gasteiger partial charge in [0.1, 0.15) is 0 Å². The number of fused-ring (bicyclic) bond motifs is 1. The Labute approximate surface area is 184 Å². The molecule has 3 aliphatic rings. The molecule has 5 atom stereocenters. The summed E-state index contributed by atoms with van der Waals surface area (Å²) in [4.78, 5) is 0. The Morgan fingerprint density at radius 1 is 1.07 bits per heavy atom. The largest absolute Gasteiger partial charge is 0.393 e. The molecule has 0 radical (unpaired) electrons. The molecule has 3 fully saturated rings. The van der Waals surface area contributed by atoms with Crippen molar-refractivity contribution in [3.63, 3.8) is 0 Å². The Balaban J connectivity index is 1.38. The van der Waals surface area contributed by atoms with E-state index in [0.717, 1.165) is 37.0 Å². The number of allylic oxidation sites excluding steroid dienone is 3. The molecule has 1 N–H and O–H groups in total. The van der Waals surface area contributed by atoms with Crippen molar-refractivity contribution in [2.75, 3.05) is 0 Å². The van der Waals surface area contributed by atoms with Crippen molar-refractivity contribution < 1.29 is 5.11 Å². The third-order valence-corrected chi connectivity index (χ3v) is 8.76. The average Bonchev–Trinajstić information content (AvgIpc) is 3.10. The molecular weight excluding hydrogens is 364 g/mol. The van der Waals surface area contributed by atoms with Gasteiger partial charge in [0.05, 0.1) is 6.10 Å². The Bertz CT molecular complexity index is 745. The van der Waals surface area contributed by atoms with Crippen molar-refractivity contribution in [3.05, 3.63) is 59.2 Å². The molecule has 0 amide bonds. The van der Waals surface area contributed by atoms with Crippen LogP contribution in [-0.2, 0) is 6.42 Å². The van der Waals surface area contributed by atoms with E-state index in [4.69, 9.17) is 0 Å². The third kappa shape index (κ3) is 4.93. The van der Waals surface area contributed by atoms with Crippen molar-refractivity contribution in [1.82, 2.24) is 0 Å². The standard InChI is InChI=1S/C29H42O/c1-22(9-6-12-23-10-4-3-5-11-23)27-18-19-28-25(14-8-20-29(27,28)2)17-16-24-13-7-15-26(30)21-24/h3-5,10-11,16-17,22,26-28,30H,6-9,12-15,18-21H2,1-2H3/b24-16-,25-17+/t22-,26?,27?,28?,29?/m1/s1. The predicted octanol–water partition coefficient (Wildman–Crippen LogP) is 7.65. The van der Waals surface area contributed by atoms with Gasteiger partial charge in [-0.1, -0.05) is 73.9 Å². The normalized spacial score (nSPS) is 35.5. The van der Waals surface area contributed by atoms with Crippen LogP contribution in [0.3, 0.4) is 0 Å². The lowest BCUT2D eigenvalue weighted by Crippen LogP contribution is -2.36. The summed E-state index contributed by atoms with van der Waals surface area (Å²) in [6, 6.07) is 11.0. The third-order valence-electron chi connectivity index (χ3n) is 8.76. The molecule has 3 aliphatic carbocycles. The fraction of sp³-hybridized carbons (Fsp3) is 0.655. The SMILES string of the molecule is C[C@H](CCCc1ccccc1)C1CCC2/C(=C/C=C3/CCCC(O)C3)CCCC21C. The highest BCUT2D eigenvalue weighted by Crippen LogP contribution is 2.59. The monoisotopic (exact) mass is 406 g/mol. The van der Waals surface area contributed by atoms with Crippen molar-refractivity contribution in [1.29, 1.82) is 0 Å². The molecule has 0 heterocycles. The minimum atomic E-state index is -0.104. The molecule has 1 aromatic rings.